The molecule has 1 aromatic carbocycles. The van der Waals surface area contributed by atoms with Crippen LogP contribution >= 0.6 is 23.2 Å². The summed E-state index contributed by atoms with van der Waals surface area (Å²) in [6, 6.07) is 6.09. The number of hydrogen-bond donors (Lipinski definition) is 1. The van der Waals surface area contributed by atoms with Crippen LogP contribution in [0.3, 0.4) is 0 Å². The molecule has 2 aliphatic rings. The number of piperidine rings is 1. The van der Waals surface area contributed by atoms with Crippen molar-refractivity contribution in [2.24, 2.45) is 11.3 Å². The largest absolute Gasteiger partial charge is 0.385 e. The first-order chi connectivity index (χ1) is 9.06. The molecule has 0 unspecified atom stereocenters. The van der Waals surface area contributed by atoms with Gasteiger partial charge in [0.15, 0.2) is 0 Å². The van der Waals surface area contributed by atoms with Gasteiger partial charge in [-0.25, -0.2) is 0 Å². The summed E-state index contributed by atoms with van der Waals surface area (Å²) >= 11 is 12.2. The molecule has 0 spiro atoms. The van der Waals surface area contributed by atoms with E-state index in [1.165, 1.54) is 5.56 Å². The molecule has 1 saturated heterocycles. The maximum atomic E-state index is 6.19. The van der Waals surface area contributed by atoms with Gasteiger partial charge in [-0.1, -0.05) is 36.2 Å². The highest BCUT2D eigenvalue weighted by Crippen LogP contribution is 2.72. The molecule has 1 saturated carbocycles. The molecule has 0 bridgehead atoms. The Balaban J connectivity index is 1.95. The molecule has 3 atom stereocenters. The Labute approximate surface area is 124 Å². The van der Waals surface area contributed by atoms with E-state index < -0.39 is 0 Å². The molecule has 1 N–H and O–H groups in total. The number of rotatable bonds is 4. The number of benzene rings is 1. The summed E-state index contributed by atoms with van der Waals surface area (Å²) in [4.78, 5) is 0. The lowest BCUT2D eigenvalue weighted by Crippen LogP contribution is -2.24. The van der Waals surface area contributed by atoms with Gasteiger partial charge in [-0.2, -0.15) is 0 Å². The lowest BCUT2D eigenvalue weighted by atomic mass is 9.89. The van der Waals surface area contributed by atoms with Gasteiger partial charge in [-0.3, -0.25) is 0 Å². The molecule has 2 nitrogen and oxygen atoms in total. The molecule has 1 aliphatic heterocycles. The van der Waals surface area contributed by atoms with Crippen LogP contribution in [0.15, 0.2) is 18.2 Å². The molecular formula is C15H19Cl2NO. The molecule has 1 aliphatic carbocycles. The van der Waals surface area contributed by atoms with Gasteiger partial charge in [0.2, 0.25) is 0 Å². The zero-order valence-corrected chi connectivity index (χ0v) is 12.8. The molecular weight excluding hydrogens is 281 g/mol. The lowest BCUT2D eigenvalue weighted by Gasteiger charge is -2.17. The Morgan fingerprint density at radius 2 is 2.11 bits per heavy atom. The van der Waals surface area contributed by atoms with Crippen LogP contribution in [-0.4, -0.2) is 26.8 Å². The summed E-state index contributed by atoms with van der Waals surface area (Å²) < 4.78 is 5.26. The van der Waals surface area contributed by atoms with E-state index in [2.05, 4.69) is 18.3 Å². The van der Waals surface area contributed by atoms with Gasteiger partial charge in [0.05, 0.1) is 10.0 Å². The highest BCUT2D eigenvalue weighted by atomic mass is 35.5. The van der Waals surface area contributed by atoms with E-state index in [1.807, 2.05) is 12.1 Å². The summed E-state index contributed by atoms with van der Waals surface area (Å²) in [6.07, 6.45) is 1.11. The standard InChI is InChI=1S/C15H19Cl2NO/c1-14-8-18-9-15(14,13(14)5-6-19-2)10-3-4-11(16)12(17)7-10/h3-4,7,13,18H,5-6,8-9H2,1-2H3/t13-,14-,15+/m1/s1. The molecule has 0 radical (unpaired) electrons. The fourth-order valence-corrected chi connectivity index (χ4v) is 4.49. The summed E-state index contributed by atoms with van der Waals surface area (Å²) in [5.41, 5.74) is 1.85. The van der Waals surface area contributed by atoms with Crippen LogP contribution in [0.25, 0.3) is 0 Å². The number of halogens is 2. The minimum Gasteiger partial charge on any atom is -0.385 e. The van der Waals surface area contributed by atoms with E-state index in [-0.39, 0.29) is 5.41 Å². The molecule has 19 heavy (non-hydrogen) atoms. The highest BCUT2D eigenvalue weighted by Gasteiger charge is 2.75. The Bertz CT molecular complexity index is 507. The molecule has 104 valence electrons. The first-order valence-corrected chi connectivity index (χ1v) is 7.47. The molecule has 2 fully saturated rings. The van der Waals surface area contributed by atoms with E-state index in [1.54, 1.807) is 7.11 Å². The normalized spacial score (nSPS) is 36.3. The second-order valence-corrected chi connectivity index (χ2v) is 6.77. The summed E-state index contributed by atoms with van der Waals surface area (Å²) in [5.74, 6) is 0.665. The first-order valence-electron chi connectivity index (χ1n) is 6.71. The average molecular weight is 300 g/mol. The van der Waals surface area contributed by atoms with E-state index in [4.69, 9.17) is 27.9 Å². The van der Waals surface area contributed by atoms with Crippen LogP contribution < -0.4 is 5.32 Å². The highest BCUT2D eigenvalue weighted by molar-refractivity contribution is 6.42. The van der Waals surface area contributed by atoms with E-state index in [0.717, 1.165) is 26.1 Å². The summed E-state index contributed by atoms with van der Waals surface area (Å²) in [6.45, 7) is 5.29. The van der Waals surface area contributed by atoms with Crippen molar-refractivity contribution in [3.63, 3.8) is 0 Å². The molecule has 1 aromatic rings. The maximum absolute atomic E-state index is 6.19. The first kappa shape index (κ1) is 13.7. The number of methoxy groups -OCH3 is 1. The van der Waals surface area contributed by atoms with Gasteiger partial charge in [0.25, 0.3) is 0 Å². The van der Waals surface area contributed by atoms with E-state index in [0.29, 0.717) is 21.4 Å². The van der Waals surface area contributed by atoms with E-state index >= 15 is 0 Å². The molecule has 1 heterocycles. The third-order valence-corrected chi connectivity index (χ3v) is 5.98. The van der Waals surface area contributed by atoms with Crippen LogP contribution in [0.4, 0.5) is 0 Å². The van der Waals surface area contributed by atoms with Crippen LogP contribution in [0.5, 0.6) is 0 Å². The second kappa shape index (κ2) is 4.63. The third-order valence-electron chi connectivity index (χ3n) is 5.24. The Hall–Kier alpha value is -0.280. The summed E-state index contributed by atoms with van der Waals surface area (Å²) in [5, 5.41) is 4.81. The average Bonchev–Trinajstić information content (AvgIpc) is 2.70. The minimum absolute atomic E-state index is 0.208. The maximum Gasteiger partial charge on any atom is 0.0595 e. The molecule has 0 amide bonds. The Morgan fingerprint density at radius 1 is 1.32 bits per heavy atom. The van der Waals surface area contributed by atoms with Crippen molar-refractivity contribution in [1.29, 1.82) is 0 Å². The zero-order valence-electron chi connectivity index (χ0n) is 11.3. The van der Waals surface area contributed by atoms with Crippen molar-refractivity contribution < 1.29 is 4.74 Å². The van der Waals surface area contributed by atoms with Crippen LogP contribution in [0.2, 0.25) is 10.0 Å². The van der Waals surface area contributed by atoms with E-state index in [9.17, 15) is 0 Å². The van der Waals surface area contributed by atoms with Crippen molar-refractivity contribution >= 4 is 23.2 Å². The fourth-order valence-electron chi connectivity index (χ4n) is 4.20. The van der Waals surface area contributed by atoms with Crippen molar-refractivity contribution in [2.75, 3.05) is 26.8 Å². The van der Waals surface area contributed by atoms with Crippen molar-refractivity contribution in [3.8, 4) is 0 Å². The van der Waals surface area contributed by atoms with Gasteiger partial charge in [0, 0.05) is 32.2 Å². The summed E-state index contributed by atoms with van der Waals surface area (Å²) in [7, 11) is 1.77. The number of hydrogen-bond acceptors (Lipinski definition) is 2. The zero-order chi connectivity index (χ0) is 13.7. The van der Waals surface area contributed by atoms with Crippen LogP contribution in [0, 0.1) is 11.3 Å². The number of nitrogens with one attached hydrogen (secondary N) is 1. The van der Waals surface area contributed by atoms with Gasteiger partial charge >= 0.3 is 0 Å². The predicted molar refractivity (Wildman–Crippen MR) is 79.1 cm³/mol. The lowest BCUT2D eigenvalue weighted by molar-refractivity contribution is 0.182. The van der Waals surface area contributed by atoms with Crippen molar-refractivity contribution in [2.45, 2.75) is 18.8 Å². The van der Waals surface area contributed by atoms with Crippen LogP contribution in [0.1, 0.15) is 18.9 Å². The van der Waals surface area contributed by atoms with Crippen LogP contribution in [-0.2, 0) is 10.2 Å². The Morgan fingerprint density at radius 3 is 2.79 bits per heavy atom. The topological polar surface area (TPSA) is 21.3 Å². The van der Waals surface area contributed by atoms with Gasteiger partial charge in [-0.05, 0) is 35.4 Å². The Kier molecular flexibility index (Phi) is 3.33. The van der Waals surface area contributed by atoms with Gasteiger partial charge in [-0.15, -0.1) is 0 Å². The second-order valence-electron chi connectivity index (χ2n) is 5.96. The fraction of sp³-hybridized carbons (Fsp3) is 0.600. The molecule has 0 aromatic heterocycles. The molecule has 3 rings (SSSR count). The monoisotopic (exact) mass is 299 g/mol. The smallest absolute Gasteiger partial charge is 0.0595 e. The van der Waals surface area contributed by atoms with Crippen molar-refractivity contribution in [1.82, 2.24) is 5.32 Å². The van der Waals surface area contributed by atoms with Gasteiger partial charge in [0.1, 0.15) is 0 Å². The molecule has 4 heteroatoms. The predicted octanol–water partition coefficient (Wildman–Crippen LogP) is 3.51. The quantitative estimate of drug-likeness (QED) is 0.919. The van der Waals surface area contributed by atoms with Gasteiger partial charge < -0.3 is 10.1 Å². The van der Waals surface area contributed by atoms with Crippen molar-refractivity contribution in [3.05, 3.63) is 33.8 Å². The SMILES string of the molecule is COCC[C@H]1[C@@]2(c3ccc(Cl)c(Cl)c3)CNC[C@]12C. The number of fused-ring (bicyclic) bond motifs is 1. The number of ether oxygens (including phenoxy) is 1. The minimum atomic E-state index is 0.208. The third kappa shape index (κ3) is 1.77.